The maximum absolute atomic E-state index is 7.87. The van der Waals surface area contributed by atoms with Crippen LogP contribution in [0.1, 0.15) is 84.6 Å². The molecule has 426 valence electrons. The molecule has 5 aromatic rings. The van der Waals surface area contributed by atoms with Gasteiger partial charge >= 0.3 is 0 Å². The number of rotatable bonds is 24. The maximum Gasteiger partial charge on any atom is 0.192 e. The zero-order valence-electron chi connectivity index (χ0n) is 49.4. The summed E-state index contributed by atoms with van der Waals surface area (Å²) < 4.78 is 74.3. The molecule has 7 rings (SSSR count). The number of hydrogen-bond donors (Lipinski definition) is 0. The van der Waals surface area contributed by atoms with Gasteiger partial charge in [0, 0.05) is 4.90 Å². The van der Waals surface area contributed by atoms with Gasteiger partial charge in [-0.15, -0.1) is 0 Å². The number of thioether (sulfide) groups is 1. The highest BCUT2D eigenvalue weighted by Gasteiger charge is 2.59. The maximum atomic E-state index is 7.87. The summed E-state index contributed by atoms with van der Waals surface area (Å²) in [6.07, 6.45) is -6.42. The summed E-state index contributed by atoms with van der Waals surface area (Å²) in [5, 5.41) is -0.481. The Bertz CT molecular complexity index is 2520. The van der Waals surface area contributed by atoms with Crippen molar-refractivity contribution in [1.29, 1.82) is 0 Å². The number of benzene rings is 5. The highest BCUT2D eigenvalue weighted by molar-refractivity contribution is 7.99. The van der Waals surface area contributed by atoms with E-state index >= 15 is 0 Å². The van der Waals surface area contributed by atoms with Crippen molar-refractivity contribution >= 4 is 36.7 Å². The van der Waals surface area contributed by atoms with Crippen LogP contribution in [0.5, 0.6) is 0 Å². The van der Waals surface area contributed by atoms with E-state index in [-0.39, 0.29) is 28.3 Å². The molecule has 0 radical (unpaired) electrons. The average Bonchev–Trinajstić information content (AvgIpc) is 3.60. The predicted octanol–water partition coefficient (Wildman–Crippen LogP) is 15.4. The molecule has 14 heteroatoms. The number of hydrogen-bond acceptors (Lipinski definition) is 11. The summed E-state index contributed by atoms with van der Waals surface area (Å²) in [6, 6.07) is 51.4. The van der Waals surface area contributed by atoms with Crippen LogP contribution in [-0.4, -0.2) is 98.7 Å². The molecule has 0 bridgehead atoms. The van der Waals surface area contributed by atoms with Gasteiger partial charge in [0.25, 0.3) is 0 Å². The molecule has 10 unspecified atom stereocenters. The molecule has 5 aromatic carbocycles. The normalized spacial score (nSPS) is 24.8. The lowest BCUT2D eigenvalue weighted by Gasteiger charge is -2.55. The topological polar surface area (TPSA) is 92.3 Å². The molecule has 2 saturated heterocycles. The van der Waals surface area contributed by atoms with Crippen LogP contribution in [0.2, 0.25) is 54.4 Å². The molecular formula is C64H92O10SSi3. The Kier molecular flexibility index (Phi) is 21.7. The van der Waals surface area contributed by atoms with E-state index in [1.54, 1.807) is 11.8 Å². The summed E-state index contributed by atoms with van der Waals surface area (Å²) in [4.78, 5) is 1.04. The Hall–Kier alpha value is -3.30. The van der Waals surface area contributed by atoms with E-state index in [0.717, 1.165) is 27.1 Å². The van der Waals surface area contributed by atoms with Crippen LogP contribution in [-0.2, 0) is 72.9 Å². The standard InChI is InChI=1S/C64H92O10SSi3/c1-62(2,3)76(10,11)72-55-53(46-66-42-48-33-23-17-24-34-48)69-60(58(74-78(14,15)64(7,8)9)57(55)73-77(12,13)63(4,5)6)71-54-52(45-65-41-47-31-21-16-22-32-47)70-61(75-51-39-29-20-30-40-51)59(68-44-50-37-27-19-28-38-50)56(54)67-43-49-35-25-18-26-36-49/h16-40,52-61H,41-46H2,1-15H3. The van der Waals surface area contributed by atoms with Crippen molar-refractivity contribution in [3.63, 3.8) is 0 Å². The second-order valence-corrected chi connectivity index (χ2v) is 41.1. The molecule has 2 aliphatic heterocycles. The van der Waals surface area contributed by atoms with E-state index in [1.807, 2.05) is 91.0 Å². The molecule has 0 aliphatic carbocycles. The zero-order valence-corrected chi connectivity index (χ0v) is 53.3. The molecular weight excluding hydrogens is 1050 g/mol. The van der Waals surface area contributed by atoms with Crippen LogP contribution in [0, 0.1) is 0 Å². The minimum absolute atomic E-state index is 0.133. The van der Waals surface area contributed by atoms with Crippen molar-refractivity contribution in [3.05, 3.63) is 174 Å². The van der Waals surface area contributed by atoms with E-state index in [1.165, 1.54) is 0 Å². The van der Waals surface area contributed by atoms with Crippen molar-refractivity contribution in [2.24, 2.45) is 0 Å². The summed E-state index contributed by atoms with van der Waals surface area (Å²) in [5.74, 6) is 0. The Labute approximate surface area is 476 Å². The smallest absolute Gasteiger partial charge is 0.192 e. The minimum atomic E-state index is -2.66. The first-order valence-electron chi connectivity index (χ1n) is 28.1. The van der Waals surface area contributed by atoms with Gasteiger partial charge in [-0.3, -0.25) is 0 Å². The molecule has 10 nitrogen and oxygen atoms in total. The van der Waals surface area contributed by atoms with Crippen LogP contribution in [0.3, 0.4) is 0 Å². The highest BCUT2D eigenvalue weighted by Crippen LogP contribution is 2.47. The van der Waals surface area contributed by atoms with Crippen molar-refractivity contribution in [1.82, 2.24) is 0 Å². The molecule has 2 fully saturated rings. The lowest BCUT2D eigenvalue weighted by Crippen LogP contribution is -2.70. The Balaban J connectivity index is 1.40. The van der Waals surface area contributed by atoms with Gasteiger partial charge in [0.2, 0.25) is 0 Å². The summed E-state index contributed by atoms with van der Waals surface area (Å²) in [5.41, 5.74) is 3.63. The quantitative estimate of drug-likeness (QED) is 0.0553. The summed E-state index contributed by atoms with van der Waals surface area (Å²) in [7, 11) is -7.82. The molecule has 0 N–H and O–H groups in total. The molecule has 2 aliphatic rings. The van der Waals surface area contributed by atoms with E-state index in [4.69, 9.17) is 46.4 Å². The monoisotopic (exact) mass is 1140 g/mol. The first kappa shape index (κ1) is 62.3. The van der Waals surface area contributed by atoms with Gasteiger partial charge in [-0.1, -0.05) is 214 Å². The first-order valence-corrected chi connectivity index (χ1v) is 37.7. The summed E-state index contributed by atoms with van der Waals surface area (Å²) in [6.45, 7) is 36.1. The van der Waals surface area contributed by atoms with Crippen molar-refractivity contribution in [3.8, 4) is 0 Å². The van der Waals surface area contributed by atoms with Gasteiger partial charge in [0.05, 0.1) is 39.6 Å². The van der Waals surface area contributed by atoms with E-state index in [2.05, 4.69) is 162 Å². The third kappa shape index (κ3) is 16.9. The fourth-order valence-electron chi connectivity index (χ4n) is 8.77. The summed E-state index contributed by atoms with van der Waals surface area (Å²) >= 11 is 1.62. The lowest BCUT2D eigenvalue weighted by molar-refractivity contribution is -0.340. The fraction of sp³-hybridized carbons (Fsp3) is 0.531. The van der Waals surface area contributed by atoms with E-state index < -0.39 is 85.5 Å². The van der Waals surface area contributed by atoms with Crippen molar-refractivity contribution in [2.45, 2.75) is 209 Å². The van der Waals surface area contributed by atoms with Gasteiger partial charge < -0.3 is 46.4 Å². The Morgan fingerprint density at radius 1 is 0.385 bits per heavy atom. The van der Waals surface area contributed by atoms with Gasteiger partial charge in [-0.25, -0.2) is 0 Å². The van der Waals surface area contributed by atoms with Gasteiger partial charge in [-0.05, 0) is 88.8 Å². The van der Waals surface area contributed by atoms with Crippen LogP contribution < -0.4 is 0 Å². The lowest BCUT2D eigenvalue weighted by atomic mass is 9.97. The second kappa shape index (κ2) is 27.2. The molecule has 2 heterocycles. The second-order valence-electron chi connectivity index (χ2n) is 25.7. The van der Waals surface area contributed by atoms with Crippen molar-refractivity contribution in [2.75, 3.05) is 13.2 Å². The van der Waals surface area contributed by atoms with Crippen LogP contribution >= 0.6 is 11.8 Å². The fourth-order valence-corrected chi connectivity index (χ4v) is 13.8. The van der Waals surface area contributed by atoms with Gasteiger partial charge in [0.15, 0.2) is 31.2 Å². The third-order valence-corrected chi connectivity index (χ3v) is 31.1. The highest BCUT2D eigenvalue weighted by atomic mass is 32.2. The van der Waals surface area contributed by atoms with Crippen LogP contribution in [0.25, 0.3) is 0 Å². The minimum Gasteiger partial charge on any atom is -0.408 e. The zero-order chi connectivity index (χ0) is 56.4. The van der Waals surface area contributed by atoms with Crippen molar-refractivity contribution < 1.29 is 46.4 Å². The van der Waals surface area contributed by atoms with Gasteiger partial charge in [0.1, 0.15) is 54.3 Å². The van der Waals surface area contributed by atoms with E-state index in [9.17, 15) is 0 Å². The first-order chi connectivity index (χ1) is 36.8. The molecule has 0 spiro atoms. The molecule has 78 heavy (non-hydrogen) atoms. The van der Waals surface area contributed by atoms with Crippen LogP contribution in [0.4, 0.5) is 0 Å². The Morgan fingerprint density at radius 2 is 0.731 bits per heavy atom. The predicted molar refractivity (Wildman–Crippen MR) is 323 cm³/mol. The van der Waals surface area contributed by atoms with Gasteiger partial charge in [-0.2, -0.15) is 0 Å². The third-order valence-electron chi connectivity index (χ3n) is 16.5. The molecule has 10 atom stereocenters. The SMILES string of the molecule is CC(C)(C)[Si](C)(C)OC1C(COCc2ccccc2)OC(OC2C(COCc3ccccc3)OC(Sc3ccccc3)C(OCc3ccccc3)C2OCc2ccccc2)C(O[Si](C)(C)C(C)(C)C)C1O[Si](C)(C)C(C)(C)C. The largest absolute Gasteiger partial charge is 0.408 e. The number of ether oxygens (including phenoxy) is 7. The Morgan fingerprint density at radius 3 is 1.14 bits per heavy atom. The molecule has 0 saturated carbocycles. The molecule has 0 aromatic heterocycles. The van der Waals surface area contributed by atoms with E-state index in [0.29, 0.717) is 26.4 Å². The molecule has 0 amide bonds. The van der Waals surface area contributed by atoms with Crippen LogP contribution in [0.15, 0.2) is 157 Å². The average molecular weight is 1140 g/mol.